The van der Waals surface area contributed by atoms with Gasteiger partial charge in [0.25, 0.3) is 0 Å². The summed E-state index contributed by atoms with van der Waals surface area (Å²) in [6.07, 6.45) is 1.74. The smallest absolute Gasteiger partial charge is 0.413 e. The molecule has 9 nitrogen and oxygen atoms in total. The fourth-order valence-corrected chi connectivity index (χ4v) is 3.19. The number of hydrogen-bond donors (Lipinski definition) is 4. The van der Waals surface area contributed by atoms with Gasteiger partial charge in [0.2, 0.25) is 5.91 Å². The molecule has 9 heteroatoms. The number of rotatable bonds is 9. The SMILES string of the molecule is C=C(NC(=O)OC(C)(C)C)N[C@H]1CC(C(=O)O)=C[C@@H](OC(CC)CC)[C@@H]1NC(C)=O. The summed E-state index contributed by atoms with van der Waals surface area (Å²) < 4.78 is 11.3. The molecule has 0 aromatic carbocycles. The van der Waals surface area contributed by atoms with E-state index in [0.29, 0.717) is 0 Å². The minimum absolute atomic E-state index is 0.0839. The van der Waals surface area contributed by atoms with Crippen molar-refractivity contribution in [1.29, 1.82) is 0 Å². The Hall–Kier alpha value is -2.55. The van der Waals surface area contributed by atoms with Gasteiger partial charge < -0.3 is 25.2 Å². The van der Waals surface area contributed by atoms with Gasteiger partial charge >= 0.3 is 12.1 Å². The minimum Gasteiger partial charge on any atom is -0.478 e. The number of alkyl carbamates (subject to hydrolysis) is 1. The highest BCUT2D eigenvalue weighted by molar-refractivity contribution is 5.87. The molecule has 0 heterocycles. The highest BCUT2D eigenvalue weighted by Gasteiger charge is 2.37. The molecule has 0 aromatic heterocycles. The zero-order valence-corrected chi connectivity index (χ0v) is 18.7. The van der Waals surface area contributed by atoms with Crippen molar-refractivity contribution in [2.24, 2.45) is 0 Å². The Balaban J connectivity index is 3.06. The lowest BCUT2D eigenvalue weighted by molar-refractivity contribution is -0.133. The lowest BCUT2D eigenvalue weighted by Crippen LogP contribution is -2.59. The van der Waals surface area contributed by atoms with E-state index in [0.717, 1.165) is 12.8 Å². The summed E-state index contributed by atoms with van der Waals surface area (Å²) in [5.41, 5.74) is -0.517. The first-order valence-electron chi connectivity index (χ1n) is 10.2. The Labute approximate surface area is 178 Å². The Morgan fingerprint density at radius 3 is 2.30 bits per heavy atom. The van der Waals surface area contributed by atoms with Crippen LogP contribution in [0.2, 0.25) is 0 Å². The zero-order valence-electron chi connectivity index (χ0n) is 18.7. The first kappa shape index (κ1) is 25.5. The number of nitrogens with one attached hydrogen (secondary N) is 3. The summed E-state index contributed by atoms with van der Waals surface area (Å²) in [5.74, 6) is -1.20. The van der Waals surface area contributed by atoms with Gasteiger partial charge in [0.05, 0.1) is 24.3 Å². The van der Waals surface area contributed by atoms with Gasteiger partial charge in [0, 0.05) is 18.9 Å². The van der Waals surface area contributed by atoms with Crippen LogP contribution in [0.3, 0.4) is 0 Å². The minimum atomic E-state index is -1.06. The molecule has 0 saturated carbocycles. The molecule has 0 spiro atoms. The van der Waals surface area contributed by atoms with Crippen molar-refractivity contribution in [1.82, 2.24) is 16.0 Å². The van der Waals surface area contributed by atoms with E-state index in [1.165, 1.54) is 6.92 Å². The number of hydrogen-bond acceptors (Lipinski definition) is 6. The van der Waals surface area contributed by atoms with Crippen LogP contribution in [-0.2, 0) is 19.1 Å². The van der Waals surface area contributed by atoms with E-state index in [2.05, 4.69) is 22.5 Å². The van der Waals surface area contributed by atoms with E-state index in [9.17, 15) is 19.5 Å². The maximum absolute atomic E-state index is 12.0. The third-order valence-corrected chi connectivity index (χ3v) is 4.51. The van der Waals surface area contributed by atoms with Gasteiger partial charge in [-0.15, -0.1) is 0 Å². The number of carbonyl (C=O) groups is 3. The van der Waals surface area contributed by atoms with Gasteiger partial charge in [-0.2, -0.15) is 0 Å². The van der Waals surface area contributed by atoms with Crippen LogP contribution in [0.1, 0.15) is 60.8 Å². The van der Waals surface area contributed by atoms with Crippen LogP contribution < -0.4 is 16.0 Å². The molecule has 0 unspecified atom stereocenters. The average molecular weight is 426 g/mol. The molecule has 0 radical (unpaired) electrons. The van der Waals surface area contributed by atoms with Crippen molar-refractivity contribution in [3.8, 4) is 0 Å². The molecule has 1 aliphatic carbocycles. The van der Waals surface area contributed by atoms with Gasteiger partial charge in [0.15, 0.2) is 0 Å². The quantitative estimate of drug-likeness (QED) is 0.447. The molecule has 2 amide bonds. The predicted molar refractivity (Wildman–Crippen MR) is 113 cm³/mol. The highest BCUT2D eigenvalue weighted by Crippen LogP contribution is 2.25. The van der Waals surface area contributed by atoms with E-state index in [1.807, 2.05) is 13.8 Å². The van der Waals surface area contributed by atoms with E-state index >= 15 is 0 Å². The van der Waals surface area contributed by atoms with Gasteiger partial charge in [-0.25, -0.2) is 9.59 Å². The molecule has 0 saturated heterocycles. The highest BCUT2D eigenvalue weighted by atomic mass is 16.6. The molecule has 0 fully saturated rings. The number of aliphatic carboxylic acids is 1. The second-order valence-electron chi connectivity index (χ2n) is 8.32. The fourth-order valence-electron chi connectivity index (χ4n) is 3.19. The first-order valence-corrected chi connectivity index (χ1v) is 10.2. The van der Waals surface area contributed by atoms with Crippen molar-refractivity contribution in [3.05, 3.63) is 24.0 Å². The average Bonchev–Trinajstić information content (AvgIpc) is 2.59. The van der Waals surface area contributed by atoms with Crippen LogP contribution in [0.4, 0.5) is 4.79 Å². The molecular weight excluding hydrogens is 390 g/mol. The van der Waals surface area contributed by atoms with Crippen molar-refractivity contribution >= 4 is 18.0 Å². The second-order valence-corrected chi connectivity index (χ2v) is 8.32. The fraction of sp³-hybridized carbons (Fsp3) is 0.667. The third-order valence-electron chi connectivity index (χ3n) is 4.51. The normalized spacial score (nSPS) is 21.4. The van der Waals surface area contributed by atoms with Crippen LogP contribution in [0.25, 0.3) is 0 Å². The Bertz CT molecular complexity index is 679. The number of carboxylic acid groups (broad SMARTS) is 1. The predicted octanol–water partition coefficient (Wildman–Crippen LogP) is 2.43. The van der Waals surface area contributed by atoms with Gasteiger partial charge in [-0.1, -0.05) is 20.4 Å². The Morgan fingerprint density at radius 1 is 1.23 bits per heavy atom. The molecule has 30 heavy (non-hydrogen) atoms. The van der Waals surface area contributed by atoms with Crippen molar-refractivity contribution in [3.63, 3.8) is 0 Å². The summed E-state index contributed by atoms with van der Waals surface area (Å²) in [6.45, 7) is 14.3. The van der Waals surface area contributed by atoms with Crippen LogP contribution in [-0.4, -0.2) is 53.0 Å². The lowest BCUT2D eigenvalue weighted by atomic mass is 9.87. The molecule has 1 rings (SSSR count). The van der Waals surface area contributed by atoms with Crippen molar-refractivity contribution in [2.45, 2.75) is 90.7 Å². The number of ether oxygens (including phenoxy) is 2. The topological polar surface area (TPSA) is 126 Å². The maximum atomic E-state index is 12.0. The van der Waals surface area contributed by atoms with E-state index < -0.39 is 35.9 Å². The Kier molecular flexibility index (Phi) is 9.35. The number of carbonyl (C=O) groups excluding carboxylic acids is 2. The molecule has 170 valence electrons. The summed E-state index contributed by atoms with van der Waals surface area (Å²) in [5, 5.41) is 17.9. The second kappa shape index (κ2) is 11.0. The lowest BCUT2D eigenvalue weighted by Gasteiger charge is -2.39. The largest absolute Gasteiger partial charge is 0.478 e. The molecule has 0 aromatic rings. The molecule has 0 aliphatic heterocycles. The van der Waals surface area contributed by atoms with Crippen LogP contribution in [0, 0.1) is 0 Å². The Morgan fingerprint density at radius 2 is 1.83 bits per heavy atom. The van der Waals surface area contributed by atoms with E-state index in [4.69, 9.17) is 9.47 Å². The van der Waals surface area contributed by atoms with Crippen molar-refractivity contribution < 1.29 is 29.0 Å². The number of carboxylic acids is 1. The standard InChI is InChI=1S/C21H35N3O6/c1-8-15(9-2)29-17-11-14(19(26)27)10-16(18(17)24-13(4)25)22-12(3)23-20(28)30-21(5,6)7/h11,15-18,22H,3,8-10H2,1-2,4-7H3,(H,23,28)(H,24,25)(H,26,27)/t16-,17+,18+/m0/s1. The molecule has 4 N–H and O–H groups in total. The first-order chi connectivity index (χ1) is 13.9. The van der Waals surface area contributed by atoms with Crippen LogP contribution in [0.15, 0.2) is 24.0 Å². The molecule has 0 bridgehead atoms. The summed E-state index contributed by atoms with van der Waals surface area (Å²) in [6, 6.07) is -1.12. The van der Waals surface area contributed by atoms with Crippen LogP contribution in [0.5, 0.6) is 0 Å². The van der Waals surface area contributed by atoms with Crippen molar-refractivity contribution in [2.75, 3.05) is 0 Å². The van der Waals surface area contributed by atoms with Gasteiger partial charge in [-0.3, -0.25) is 10.1 Å². The number of amides is 2. The molecule has 1 aliphatic rings. The van der Waals surface area contributed by atoms with Crippen LogP contribution >= 0.6 is 0 Å². The molecule has 3 atom stereocenters. The van der Waals surface area contributed by atoms with Gasteiger partial charge in [0.1, 0.15) is 11.4 Å². The maximum Gasteiger partial charge on any atom is 0.413 e. The monoisotopic (exact) mass is 425 g/mol. The van der Waals surface area contributed by atoms with Gasteiger partial charge in [-0.05, 0) is 39.7 Å². The van der Waals surface area contributed by atoms with E-state index in [1.54, 1.807) is 26.8 Å². The zero-order chi connectivity index (χ0) is 23.1. The summed E-state index contributed by atoms with van der Waals surface area (Å²) >= 11 is 0. The third kappa shape index (κ3) is 8.44. The summed E-state index contributed by atoms with van der Waals surface area (Å²) in [7, 11) is 0. The summed E-state index contributed by atoms with van der Waals surface area (Å²) in [4.78, 5) is 35.5. The molecular formula is C21H35N3O6. The van der Waals surface area contributed by atoms with E-state index in [-0.39, 0.29) is 29.8 Å².